The maximum atomic E-state index is 11.0. The molecule has 1 fully saturated rings. The van der Waals surface area contributed by atoms with Crippen LogP contribution in [0.1, 0.15) is 38.2 Å². The molecule has 122 valence electrons. The smallest absolute Gasteiger partial charge is 0.407 e. The number of aryl methyl sites for hydroxylation is 1. The first kappa shape index (κ1) is 17.1. The average Bonchev–Trinajstić information content (AvgIpc) is 2.47. The van der Waals surface area contributed by atoms with Crippen molar-refractivity contribution in [3.63, 3.8) is 0 Å². The standard InChI is InChI=1S/C17H24BrNO3/c1-12-10-15(5-6-16(12)18)22-9-3-4-14-7-8-19(17(20)21)13(2)11-14/h5-6,10,13-14H,3-4,7-9,11H2,1-2H3,(H,20,21)/t13-,14?/m0/s1. The lowest BCUT2D eigenvalue weighted by atomic mass is 9.88. The molecule has 1 amide bonds. The van der Waals surface area contributed by atoms with Crippen molar-refractivity contribution in [2.75, 3.05) is 13.2 Å². The highest BCUT2D eigenvalue weighted by Crippen LogP contribution is 2.27. The van der Waals surface area contributed by atoms with Gasteiger partial charge in [-0.15, -0.1) is 0 Å². The van der Waals surface area contributed by atoms with E-state index in [0.717, 1.165) is 35.9 Å². The molecule has 22 heavy (non-hydrogen) atoms. The molecule has 2 rings (SSSR count). The number of carbonyl (C=O) groups is 1. The van der Waals surface area contributed by atoms with Crippen LogP contribution in [0, 0.1) is 12.8 Å². The maximum Gasteiger partial charge on any atom is 0.407 e. The van der Waals surface area contributed by atoms with Crippen LogP contribution >= 0.6 is 15.9 Å². The fourth-order valence-corrected chi connectivity index (χ4v) is 3.33. The van der Waals surface area contributed by atoms with Gasteiger partial charge in [-0.05, 0) is 69.2 Å². The summed E-state index contributed by atoms with van der Waals surface area (Å²) in [6.07, 6.45) is 3.25. The van der Waals surface area contributed by atoms with E-state index in [1.807, 2.05) is 25.1 Å². The summed E-state index contributed by atoms with van der Waals surface area (Å²) in [4.78, 5) is 12.6. The van der Waals surface area contributed by atoms with Crippen LogP contribution in [0.25, 0.3) is 0 Å². The molecule has 0 radical (unpaired) electrons. The second kappa shape index (κ2) is 7.86. The highest BCUT2D eigenvalue weighted by atomic mass is 79.9. The van der Waals surface area contributed by atoms with E-state index in [2.05, 4.69) is 22.9 Å². The minimum Gasteiger partial charge on any atom is -0.494 e. The summed E-state index contributed by atoms with van der Waals surface area (Å²) >= 11 is 3.48. The molecule has 5 heteroatoms. The Morgan fingerprint density at radius 3 is 2.91 bits per heavy atom. The van der Waals surface area contributed by atoms with Gasteiger partial charge in [-0.3, -0.25) is 0 Å². The van der Waals surface area contributed by atoms with E-state index >= 15 is 0 Å². The van der Waals surface area contributed by atoms with Gasteiger partial charge in [0.2, 0.25) is 0 Å². The summed E-state index contributed by atoms with van der Waals surface area (Å²) in [5.74, 6) is 1.52. The molecule has 1 heterocycles. The average molecular weight is 370 g/mol. The Labute approximate surface area is 140 Å². The van der Waals surface area contributed by atoms with Gasteiger partial charge in [-0.2, -0.15) is 0 Å². The highest BCUT2D eigenvalue weighted by molar-refractivity contribution is 9.10. The molecule has 1 aliphatic rings. The Morgan fingerprint density at radius 2 is 2.27 bits per heavy atom. The van der Waals surface area contributed by atoms with E-state index in [9.17, 15) is 4.79 Å². The van der Waals surface area contributed by atoms with Gasteiger partial charge in [0.15, 0.2) is 0 Å². The van der Waals surface area contributed by atoms with Crippen LogP contribution in [-0.4, -0.2) is 35.3 Å². The lowest BCUT2D eigenvalue weighted by molar-refractivity contribution is 0.0928. The molecule has 1 saturated heterocycles. The fraction of sp³-hybridized carbons (Fsp3) is 0.588. The number of nitrogens with zero attached hydrogens (tertiary/aromatic N) is 1. The van der Waals surface area contributed by atoms with Gasteiger partial charge in [0.05, 0.1) is 6.61 Å². The largest absolute Gasteiger partial charge is 0.494 e. The van der Waals surface area contributed by atoms with Gasteiger partial charge in [0.25, 0.3) is 0 Å². The van der Waals surface area contributed by atoms with Crippen molar-refractivity contribution in [2.45, 2.75) is 45.6 Å². The number of amides is 1. The lowest BCUT2D eigenvalue weighted by Gasteiger charge is -2.35. The highest BCUT2D eigenvalue weighted by Gasteiger charge is 2.27. The number of carboxylic acid groups (broad SMARTS) is 1. The van der Waals surface area contributed by atoms with Crippen molar-refractivity contribution in [1.82, 2.24) is 4.90 Å². The van der Waals surface area contributed by atoms with E-state index < -0.39 is 6.09 Å². The topological polar surface area (TPSA) is 49.8 Å². The minimum absolute atomic E-state index is 0.131. The van der Waals surface area contributed by atoms with Crippen molar-refractivity contribution >= 4 is 22.0 Å². The number of halogens is 1. The van der Waals surface area contributed by atoms with Crippen LogP contribution < -0.4 is 4.74 Å². The first-order valence-electron chi connectivity index (χ1n) is 7.86. The van der Waals surface area contributed by atoms with E-state index in [1.54, 1.807) is 4.90 Å². The summed E-state index contributed by atoms with van der Waals surface area (Å²) in [6.45, 7) is 5.43. The van der Waals surface area contributed by atoms with Crippen molar-refractivity contribution in [2.24, 2.45) is 5.92 Å². The lowest BCUT2D eigenvalue weighted by Crippen LogP contribution is -2.43. The van der Waals surface area contributed by atoms with Crippen LogP contribution in [-0.2, 0) is 0 Å². The molecular formula is C17H24BrNO3. The normalized spacial score (nSPS) is 21.7. The van der Waals surface area contributed by atoms with E-state index in [-0.39, 0.29) is 6.04 Å². The van der Waals surface area contributed by atoms with Crippen molar-refractivity contribution in [3.8, 4) is 5.75 Å². The Bertz CT molecular complexity index is 521. The fourth-order valence-electron chi connectivity index (χ4n) is 3.08. The predicted octanol–water partition coefficient (Wildman–Crippen LogP) is 4.70. The molecule has 0 aromatic heterocycles. The minimum atomic E-state index is -0.792. The molecule has 1 aromatic carbocycles. The van der Waals surface area contributed by atoms with Gasteiger partial charge >= 0.3 is 6.09 Å². The van der Waals surface area contributed by atoms with Gasteiger partial charge in [0, 0.05) is 17.1 Å². The molecule has 0 aliphatic carbocycles. The van der Waals surface area contributed by atoms with Crippen LogP contribution in [0.2, 0.25) is 0 Å². The molecule has 1 aliphatic heterocycles. The number of benzene rings is 1. The molecular weight excluding hydrogens is 346 g/mol. The molecule has 4 nitrogen and oxygen atoms in total. The Morgan fingerprint density at radius 1 is 1.50 bits per heavy atom. The van der Waals surface area contributed by atoms with Crippen LogP contribution in [0.3, 0.4) is 0 Å². The van der Waals surface area contributed by atoms with Crippen molar-refractivity contribution in [3.05, 3.63) is 28.2 Å². The third-order valence-electron chi connectivity index (χ3n) is 4.39. The third kappa shape index (κ3) is 4.63. The Hall–Kier alpha value is -1.23. The molecule has 1 N–H and O–H groups in total. The first-order valence-corrected chi connectivity index (χ1v) is 8.65. The summed E-state index contributed by atoms with van der Waals surface area (Å²) in [5.41, 5.74) is 1.17. The number of likely N-dealkylation sites (tertiary alicyclic amines) is 1. The number of rotatable bonds is 5. The van der Waals surface area contributed by atoms with Crippen LogP contribution in [0.5, 0.6) is 5.75 Å². The van der Waals surface area contributed by atoms with Crippen molar-refractivity contribution in [1.29, 1.82) is 0 Å². The predicted molar refractivity (Wildman–Crippen MR) is 90.5 cm³/mol. The number of hydrogen-bond acceptors (Lipinski definition) is 2. The molecule has 2 atom stereocenters. The molecule has 0 saturated carbocycles. The summed E-state index contributed by atoms with van der Waals surface area (Å²) in [7, 11) is 0. The zero-order valence-corrected chi connectivity index (χ0v) is 14.8. The summed E-state index contributed by atoms with van der Waals surface area (Å²) in [6, 6.07) is 6.15. The molecule has 1 aromatic rings. The second-order valence-corrected chi connectivity index (χ2v) is 6.97. The SMILES string of the molecule is Cc1cc(OCCCC2CCN(C(=O)O)[C@@H](C)C2)ccc1Br. The molecule has 1 unspecified atom stereocenters. The Balaban J connectivity index is 1.69. The van der Waals surface area contributed by atoms with Gasteiger partial charge in [0.1, 0.15) is 5.75 Å². The molecule has 0 bridgehead atoms. The number of hydrogen-bond donors (Lipinski definition) is 1. The second-order valence-electron chi connectivity index (χ2n) is 6.12. The van der Waals surface area contributed by atoms with Crippen molar-refractivity contribution < 1.29 is 14.6 Å². The van der Waals surface area contributed by atoms with Gasteiger partial charge < -0.3 is 14.7 Å². The van der Waals surface area contributed by atoms with E-state index in [1.165, 1.54) is 5.56 Å². The van der Waals surface area contributed by atoms with Gasteiger partial charge in [-0.25, -0.2) is 4.79 Å². The Kier molecular flexibility index (Phi) is 6.12. The maximum absolute atomic E-state index is 11.0. The van der Waals surface area contributed by atoms with E-state index in [4.69, 9.17) is 9.84 Å². The van der Waals surface area contributed by atoms with Gasteiger partial charge in [-0.1, -0.05) is 15.9 Å². The van der Waals surface area contributed by atoms with Crippen LogP contribution in [0.4, 0.5) is 4.79 Å². The summed E-state index contributed by atoms with van der Waals surface area (Å²) < 4.78 is 6.89. The third-order valence-corrected chi connectivity index (χ3v) is 5.28. The monoisotopic (exact) mass is 369 g/mol. The summed E-state index contributed by atoms with van der Waals surface area (Å²) in [5, 5.41) is 9.08. The quantitative estimate of drug-likeness (QED) is 0.765. The molecule has 0 spiro atoms. The number of piperidine rings is 1. The first-order chi connectivity index (χ1) is 10.5. The zero-order chi connectivity index (χ0) is 16.1. The number of ether oxygens (including phenoxy) is 1. The zero-order valence-electron chi connectivity index (χ0n) is 13.2. The van der Waals surface area contributed by atoms with Crippen LogP contribution in [0.15, 0.2) is 22.7 Å². The van der Waals surface area contributed by atoms with E-state index in [0.29, 0.717) is 19.1 Å².